The van der Waals surface area contributed by atoms with Crippen LogP contribution in [0.2, 0.25) is 0 Å². The molecule has 1 atom stereocenters. The molecule has 0 radical (unpaired) electrons. The van der Waals surface area contributed by atoms with Crippen molar-refractivity contribution in [3.63, 3.8) is 0 Å². The van der Waals surface area contributed by atoms with Crippen molar-refractivity contribution in [3.8, 4) is 16.9 Å². The van der Waals surface area contributed by atoms with E-state index in [0.29, 0.717) is 16.2 Å². The quantitative estimate of drug-likeness (QED) is 0.287. The highest BCUT2D eigenvalue weighted by molar-refractivity contribution is 7.99. The maximum Gasteiger partial charge on any atom is 0.416 e. The number of thioether (sulfide) groups is 1. The highest BCUT2D eigenvalue weighted by Crippen LogP contribution is 2.37. The molecule has 0 fully saturated rings. The second-order valence-electron chi connectivity index (χ2n) is 7.56. The van der Waals surface area contributed by atoms with Crippen molar-refractivity contribution >= 4 is 35.0 Å². The predicted octanol–water partition coefficient (Wildman–Crippen LogP) is 6.78. The minimum absolute atomic E-state index is 0.0512. The van der Waals surface area contributed by atoms with Gasteiger partial charge in [-0.25, -0.2) is 0 Å². The highest BCUT2D eigenvalue weighted by atomic mass is 32.2. The first-order chi connectivity index (χ1) is 16.6. The van der Waals surface area contributed by atoms with Gasteiger partial charge in [-0.15, -0.1) is 23.1 Å². The molecule has 2 N–H and O–H groups in total. The Morgan fingerprint density at radius 1 is 1.11 bits per heavy atom. The van der Waals surface area contributed by atoms with E-state index in [2.05, 4.69) is 5.32 Å². The molecule has 1 heterocycles. The molecule has 3 aromatic rings. The predicted molar refractivity (Wildman–Crippen MR) is 132 cm³/mol. The fourth-order valence-electron chi connectivity index (χ4n) is 3.29. The van der Waals surface area contributed by atoms with Crippen LogP contribution < -0.4 is 10.1 Å². The summed E-state index contributed by atoms with van der Waals surface area (Å²) >= 11 is 2.83. The number of halogens is 3. The molecule has 186 valence electrons. The maximum absolute atomic E-state index is 12.8. The molecular weight excluding hydrogens is 499 g/mol. The summed E-state index contributed by atoms with van der Waals surface area (Å²) < 4.78 is 44.7. The molecule has 1 aromatic heterocycles. The summed E-state index contributed by atoms with van der Waals surface area (Å²) in [5, 5.41) is 11.3. The van der Waals surface area contributed by atoms with Crippen molar-refractivity contribution in [1.82, 2.24) is 5.32 Å². The average molecular weight is 524 g/mol. The topological polar surface area (TPSA) is 75.6 Å². The van der Waals surface area contributed by atoms with Crippen molar-refractivity contribution in [3.05, 3.63) is 75.5 Å². The lowest BCUT2D eigenvalue weighted by Gasteiger charge is -2.18. The van der Waals surface area contributed by atoms with E-state index in [4.69, 9.17) is 9.84 Å². The van der Waals surface area contributed by atoms with Crippen molar-refractivity contribution < 1.29 is 32.6 Å². The van der Waals surface area contributed by atoms with Gasteiger partial charge >= 0.3 is 12.1 Å². The van der Waals surface area contributed by atoms with Crippen LogP contribution >= 0.6 is 23.1 Å². The van der Waals surface area contributed by atoms with Gasteiger partial charge in [-0.05, 0) is 65.8 Å². The molecule has 0 aliphatic carbocycles. The molecule has 0 saturated heterocycles. The van der Waals surface area contributed by atoms with Crippen molar-refractivity contribution in [2.75, 3.05) is 12.3 Å². The number of carbonyl (C=O) groups excluding carboxylic acids is 1. The molecule has 1 amide bonds. The standard InChI is InChI=1S/C25H24F3NO4S2/c1-3-34-24(21-11-10-20(35-21)23(32)29-13-12-22(30)31)33-18-8-9-19(15(2)14-18)16-4-6-17(7-5-16)25(26,27)28/h4-11,14,24H,3,12-13H2,1-2H3,(H,29,32)(H,30,31). The van der Waals surface area contributed by atoms with E-state index in [1.807, 2.05) is 32.0 Å². The second kappa shape index (κ2) is 11.6. The number of thiophene rings is 1. The Balaban J connectivity index is 1.73. The van der Waals surface area contributed by atoms with Crippen molar-refractivity contribution in [1.29, 1.82) is 0 Å². The van der Waals surface area contributed by atoms with Crippen LogP contribution in [0, 0.1) is 6.92 Å². The number of hydrogen-bond acceptors (Lipinski definition) is 5. The van der Waals surface area contributed by atoms with E-state index in [-0.39, 0.29) is 24.3 Å². The van der Waals surface area contributed by atoms with Gasteiger partial charge in [0.05, 0.1) is 21.7 Å². The Morgan fingerprint density at radius 2 is 1.83 bits per heavy atom. The average Bonchev–Trinajstić information content (AvgIpc) is 3.29. The third kappa shape index (κ3) is 7.25. The Morgan fingerprint density at radius 3 is 2.43 bits per heavy atom. The van der Waals surface area contributed by atoms with E-state index in [0.717, 1.165) is 33.9 Å². The summed E-state index contributed by atoms with van der Waals surface area (Å²) in [7, 11) is 0. The SMILES string of the molecule is CCSC(Oc1ccc(-c2ccc(C(F)(F)F)cc2)c(C)c1)c1ccc(C(=O)NCCC(=O)O)s1. The number of hydrogen-bond donors (Lipinski definition) is 2. The number of amides is 1. The lowest BCUT2D eigenvalue weighted by Crippen LogP contribution is -2.25. The van der Waals surface area contributed by atoms with Gasteiger partial charge in [-0.2, -0.15) is 13.2 Å². The Labute approximate surface area is 209 Å². The van der Waals surface area contributed by atoms with Crippen LogP contribution in [0.1, 0.15) is 44.5 Å². The van der Waals surface area contributed by atoms with E-state index in [1.165, 1.54) is 23.5 Å². The number of carbonyl (C=O) groups is 2. The van der Waals surface area contributed by atoms with E-state index in [9.17, 15) is 22.8 Å². The number of carboxylic acids is 1. The molecule has 5 nitrogen and oxygen atoms in total. The fourth-order valence-corrected chi connectivity index (χ4v) is 5.20. The summed E-state index contributed by atoms with van der Waals surface area (Å²) in [5.41, 5.74) is 1.29. The van der Waals surface area contributed by atoms with Gasteiger partial charge in [0.25, 0.3) is 5.91 Å². The zero-order chi connectivity index (χ0) is 25.6. The van der Waals surface area contributed by atoms with Gasteiger partial charge in [0.1, 0.15) is 5.75 Å². The number of nitrogens with one attached hydrogen (secondary N) is 1. The molecule has 2 aromatic carbocycles. The number of benzene rings is 2. The fraction of sp³-hybridized carbons (Fsp3) is 0.280. The molecule has 0 aliphatic heterocycles. The molecule has 35 heavy (non-hydrogen) atoms. The number of carboxylic acid groups (broad SMARTS) is 1. The van der Waals surface area contributed by atoms with Crippen LogP contribution in [0.5, 0.6) is 5.75 Å². The molecule has 0 saturated carbocycles. The van der Waals surface area contributed by atoms with Gasteiger partial charge in [0, 0.05) is 6.54 Å². The molecule has 0 aliphatic rings. The lowest BCUT2D eigenvalue weighted by atomic mass is 9.99. The molecule has 10 heteroatoms. The number of aryl methyl sites for hydroxylation is 1. The first-order valence-electron chi connectivity index (χ1n) is 10.7. The monoisotopic (exact) mass is 523 g/mol. The number of rotatable bonds is 10. The minimum atomic E-state index is -4.38. The summed E-state index contributed by atoms with van der Waals surface area (Å²) in [5.74, 6) is 0.0554. The van der Waals surface area contributed by atoms with Gasteiger partial charge < -0.3 is 15.2 Å². The van der Waals surface area contributed by atoms with Crippen LogP contribution in [0.15, 0.2) is 54.6 Å². The van der Waals surface area contributed by atoms with E-state index >= 15 is 0 Å². The summed E-state index contributed by atoms with van der Waals surface area (Å²) in [6.07, 6.45) is -4.53. The first kappa shape index (κ1) is 26.6. The summed E-state index contributed by atoms with van der Waals surface area (Å²) in [4.78, 5) is 24.2. The minimum Gasteiger partial charge on any atom is -0.481 e. The van der Waals surface area contributed by atoms with E-state index < -0.39 is 17.7 Å². The molecule has 1 unspecified atom stereocenters. The van der Waals surface area contributed by atoms with Crippen molar-refractivity contribution in [2.45, 2.75) is 31.9 Å². The Bertz CT molecular complexity index is 1180. The van der Waals surface area contributed by atoms with Crippen LogP contribution in [0.25, 0.3) is 11.1 Å². The number of aliphatic carboxylic acids is 1. The van der Waals surface area contributed by atoms with Crippen LogP contribution in [-0.4, -0.2) is 29.3 Å². The van der Waals surface area contributed by atoms with Gasteiger partial charge in [0.2, 0.25) is 0 Å². The van der Waals surface area contributed by atoms with Crippen LogP contribution in [-0.2, 0) is 11.0 Å². The largest absolute Gasteiger partial charge is 0.481 e. The highest BCUT2D eigenvalue weighted by Gasteiger charge is 2.30. The lowest BCUT2D eigenvalue weighted by molar-refractivity contribution is -0.138. The van der Waals surface area contributed by atoms with Gasteiger partial charge in [-0.3, -0.25) is 9.59 Å². The molecule has 0 bridgehead atoms. The van der Waals surface area contributed by atoms with E-state index in [1.54, 1.807) is 23.9 Å². The first-order valence-corrected chi connectivity index (χ1v) is 12.6. The Kier molecular flexibility index (Phi) is 8.85. The van der Waals surface area contributed by atoms with Crippen LogP contribution in [0.3, 0.4) is 0 Å². The second-order valence-corrected chi connectivity index (χ2v) is 10.0. The molecular formula is C25H24F3NO4S2. The number of ether oxygens (including phenoxy) is 1. The zero-order valence-electron chi connectivity index (χ0n) is 19.0. The Hall–Kier alpha value is -2.98. The molecule has 3 rings (SSSR count). The summed E-state index contributed by atoms with van der Waals surface area (Å²) in [6, 6.07) is 14.0. The van der Waals surface area contributed by atoms with Gasteiger partial charge in [-0.1, -0.05) is 25.1 Å². The van der Waals surface area contributed by atoms with Gasteiger partial charge in [0.15, 0.2) is 5.44 Å². The zero-order valence-corrected chi connectivity index (χ0v) is 20.7. The maximum atomic E-state index is 12.8. The smallest absolute Gasteiger partial charge is 0.416 e. The third-order valence-corrected chi connectivity index (χ3v) is 7.25. The normalized spacial score (nSPS) is 12.3. The summed E-state index contributed by atoms with van der Waals surface area (Å²) in [6.45, 7) is 3.91. The van der Waals surface area contributed by atoms with Crippen LogP contribution in [0.4, 0.5) is 13.2 Å². The molecule has 0 spiro atoms. The number of alkyl halides is 3. The third-order valence-electron chi connectivity index (χ3n) is 4.99. The van der Waals surface area contributed by atoms with Crippen molar-refractivity contribution in [2.24, 2.45) is 0 Å².